The van der Waals surface area contributed by atoms with Crippen molar-refractivity contribution in [1.82, 2.24) is 0 Å². The number of Topliss-reactive ketones (excluding diaryl/α,β-unsaturated/α-hetero) is 1. The largest absolute Gasteiger partial charge is 0.294 e. The van der Waals surface area contributed by atoms with Crippen LogP contribution < -0.4 is 0 Å². The zero-order valence-corrected chi connectivity index (χ0v) is 11.5. The molecular weight excluding hydrogens is 239 g/mol. The minimum absolute atomic E-state index is 0.0422. The highest BCUT2D eigenvalue weighted by molar-refractivity contribution is 6.00. The van der Waals surface area contributed by atoms with E-state index in [-0.39, 0.29) is 18.0 Å². The first-order valence-corrected chi connectivity index (χ1v) is 6.33. The van der Waals surface area contributed by atoms with E-state index in [2.05, 4.69) is 0 Å². The van der Waals surface area contributed by atoms with Gasteiger partial charge in [0.1, 0.15) is 5.82 Å². The van der Waals surface area contributed by atoms with Crippen molar-refractivity contribution in [2.75, 3.05) is 0 Å². The SMILES string of the molecule is Cc1cc(C)c(C(=O)Cc2cccc(F)c2)c(C)c1. The van der Waals surface area contributed by atoms with Crippen molar-refractivity contribution in [3.05, 3.63) is 70.0 Å². The average molecular weight is 256 g/mol. The first kappa shape index (κ1) is 13.5. The Hall–Kier alpha value is -1.96. The molecule has 0 amide bonds. The van der Waals surface area contributed by atoms with E-state index in [1.807, 2.05) is 32.9 Å². The van der Waals surface area contributed by atoms with Gasteiger partial charge in [0.25, 0.3) is 0 Å². The maximum Gasteiger partial charge on any atom is 0.167 e. The Morgan fingerprint density at radius 1 is 1.05 bits per heavy atom. The molecule has 0 radical (unpaired) electrons. The molecule has 0 aromatic heterocycles. The van der Waals surface area contributed by atoms with Gasteiger partial charge in [0, 0.05) is 12.0 Å². The Labute approximate surface area is 113 Å². The fraction of sp³-hybridized carbons (Fsp3) is 0.235. The zero-order valence-electron chi connectivity index (χ0n) is 11.5. The number of benzene rings is 2. The van der Waals surface area contributed by atoms with Crippen LogP contribution >= 0.6 is 0 Å². The molecule has 2 heteroatoms. The third kappa shape index (κ3) is 3.08. The van der Waals surface area contributed by atoms with Gasteiger partial charge in [0.05, 0.1) is 0 Å². The molecule has 0 aliphatic rings. The number of hydrogen-bond donors (Lipinski definition) is 0. The average Bonchev–Trinajstić information content (AvgIpc) is 2.27. The molecular formula is C17H17FO. The summed E-state index contributed by atoms with van der Waals surface area (Å²) in [5.41, 5.74) is 4.59. The molecule has 0 aliphatic heterocycles. The van der Waals surface area contributed by atoms with E-state index >= 15 is 0 Å². The van der Waals surface area contributed by atoms with E-state index in [1.54, 1.807) is 12.1 Å². The molecule has 0 unspecified atom stereocenters. The van der Waals surface area contributed by atoms with E-state index < -0.39 is 0 Å². The second-order valence-electron chi connectivity index (χ2n) is 5.00. The minimum Gasteiger partial charge on any atom is -0.294 e. The van der Waals surface area contributed by atoms with E-state index in [9.17, 15) is 9.18 Å². The fourth-order valence-electron chi connectivity index (χ4n) is 2.54. The number of ketones is 1. The molecule has 0 saturated carbocycles. The Bertz CT molecular complexity index is 606. The topological polar surface area (TPSA) is 17.1 Å². The number of hydrogen-bond acceptors (Lipinski definition) is 1. The molecule has 0 spiro atoms. The van der Waals surface area contributed by atoms with Crippen LogP contribution in [0.5, 0.6) is 0 Å². The molecule has 2 aromatic carbocycles. The lowest BCUT2D eigenvalue weighted by Gasteiger charge is -2.10. The summed E-state index contributed by atoms with van der Waals surface area (Å²) in [6.45, 7) is 5.90. The highest BCUT2D eigenvalue weighted by Gasteiger charge is 2.13. The highest BCUT2D eigenvalue weighted by atomic mass is 19.1. The summed E-state index contributed by atoms with van der Waals surface area (Å²) >= 11 is 0. The molecule has 0 saturated heterocycles. The van der Waals surface area contributed by atoms with Crippen molar-refractivity contribution in [2.45, 2.75) is 27.2 Å². The minimum atomic E-state index is -0.303. The molecule has 19 heavy (non-hydrogen) atoms. The lowest BCUT2D eigenvalue weighted by atomic mass is 9.93. The normalized spacial score (nSPS) is 10.5. The molecule has 0 heterocycles. The zero-order chi connectivity index (χ0) is 14.0. The number of carbonyl (C=O) groups excluding carboxylic acids is 1. The monoisotopic (exact) mass is 256 g/mol. The van der Waals surface area contributed by atoms with Crippen molar-refractivity contribution < 1.29 is 9.18 Å². The van der Waals surface area contributed by atoms with Gasteiger partial charge in [-0.1, -0.05) is 29.8 Å². The highest BCUT2D eigenvalue weighted by Crippen LogP contribution is 2.19. The standard InChI is InChI=1S/C17H17FO/c1-11-7-12(2)17(13(3)8-11)16(19)10-14-5-4-6-15(18)9-14/h4-9H,10H2,1-3H3. The smallest absolute Gasteiger partial charge is 0.167 e. The number of halogens is 1. The summed E-state index contributed by atoms with van der Waals surface area (Å²) < 4.78 is 13.1. The number of carbonyl (C=O) groups is 1. The van der Waals surface area contributed by atoms with E-state index in [4.69, 9.17) is 0 Å². The number of aryl methyl sites for hydroxylation is 3. The van der Waals surface area contributed by atoms with Gasteiger partial charge in [-0.3, -0.25) is 4.79 Å². The Kier molecular flexibility index (Phi) is 3.79. The summed E-state index contributed by atoms with van der Waals surface area (Å²) in [5.74, 6) is -0.261. The van der Waals surface area contributed by atoms with Crippen LogP contribution in [0.3, 0.4) is 0 Å². The molecule has 2 rings (SSSR count). The van der Waals surface area contributed by atoms with E-state index in [0.29, 0.717) is 5.56 Å². The van der Waals surface area contributed by atoms with Gasteiger partial charge in [-0.15, -0.1) is 0 Å². The molecule has 2 aromatic rings. The second-order valence-corrected chi connectivity index (χ2v) is 5.00. The Balaban J connectivity index is 2.31. The third-order valence-corrected chi connectivity index (χ3v) is 3.21. The maximum atomic E-state index is 13.1. The van der Waals surface area contributed by atoms with Crippen LogP contribution in [-0.4, -0.2) is 5.78 Å². The molecule has 0 aliphatic carbocycles. The van der Waals surface area contributed by atoms with Gasteiger partial charge in [-0.25, -0.2) is 4.39 Å². The van der Waals surface area contributed by atoms with E-state index in [1.165, 1.54) is 12.1 Å². The second kappa shape index (κ2) is 5.35. The molecule has 0 atom stereocenters. The van der Waals surface area contributed by atoms with Crippen LogP contribution in [-0.2, 0) is 6.42 Å². The fourth-order valence-corrected chi connectivity index (χ4v) is 2.54. The van der Waals surface area contributed by atoms with Crippen LogP contribution in [0.4, 0.5) is 4.39 Å². The van der Waals surface area contributed by atoms with Gasteiger partial charge in [-0.05, 0) is 49.6 Å². The number of rotatable bonds is 3. The first-order chi connectivity index (χ1) is 8.97. The lowest BCUT2D eigenvalue weighted by Crippen LogP contribution is -2.08. The molecule has 0 bridgehead atoms. The molecule has 98 valence electrons. The van der Waals surface area contributed by atoms with Crippen molar-refractivity contribution in [3.63, 3.8) is 0 Å². The lowest BCUT2D eigenvalue weighted by molar-refractivity contribution is 0.0992. The summed E-state index contributed by atoms with van der Waals surface area (Å²) in [4.78, 5) is 12.4. The van der Waals surface area contributed by atoms with Crippen LogP contribution in [0.25, 0.3) is 0 Å². The summed E-state index contributed by atoms with van der Waals surface area (Å²) in [6.07, 6.45) is 0.239. The van der Waals surface area contributed by atoms with Gasteiger partial charge in [-0.2, -0.15) is 0 Å². The van der Waals surface area contributed by atoms with Crippen LogP contribution in [0.1, 0.15) is 32.6 Å². The van der Waals surface area contributed by atoms with Gasteiger partial charge in [0.2, 0.25) is 0 Å². The van der Waals surface area contributed by atoms with Gasteiger partial charge >= 0.3 is 0 Å². The van der Waals surface area contributed by atoms with Crippen LogP contribution in [0.15, 0.2) is 36.4 Å². The first-order valence-electron chi connectivity index (χ1n) is 6.33. The molecule has 0 N–H and O–H groups in total. The van der Waals surface area contributed by atoms with Crippen molar-refractivity contribution in [3.8, 4) is 0 Å². The third-order valence-electron chi connectivity index (χ3n) is 3.21. The van der Waals surface area contributed by atoms with Crippen LogP contribution in [0, 0.1) is 26.6 Å². The van der Waals surface area contributed by atoms with Crippen molar-refractivity contribution in [1.29, 1.82) is 0 Å². The quantitative estimate of drug-likeness (QED) is 0.753. The predicted octanol–water partition coefficient (Wildman–Crippen LogP) is 4.18. The summed E-state index contributed by atoms with van der Waals surface area (Å²) in [5, 5.41) is 0. The predicted molar refractivity (Wildman–Crippen MR) is 75.1 cm³/mol. The van der Waals surface area contributed by atoms with Gasteiger partial charge in [0.15, 0.2) is 5.78 Å². The Morgan fingerprint density at radius 3 is 2.26 bits per heavy atom. The van der Waals surface area contributed by atoms with Crippen LogP contribution in [0.2, 0.25) is 0 Å². The molecule has 0 fully saturated rings. The summed E-state index contributed by atoms with van der Waals surface area (Å²) in [6, 6.07) is 10.2. The van der Waals surface area contributed by atoms with E-state index in [0.717, 1.165) is 22.3 Å². The summed E-state index contributed by atoms with van der Waals surface area (Å²) in [7, 11) is 0. The van der Waals surface area contributed by atoms with Crippen molar-refractivity contribution >= 4 is 5.78 Å². The maximum absolute atomic E-state index is 13.1. The molecule has 1 nitrogen and oxygen atoms in total. The van der Waals surface area contributed by atoms with Crippen molar-refractivity contribution in [2.24, 2.45) is 0 Å². The Morgan fingerprint density at radius 2 is 1.68 bits per heavy atom. The van der Waals surface area contributed by atoms with Gasteiger partial charge < -0.3 is 0 Å².